The lowest BCUT2D eigenvalue weighted by Crippen LogP contribution is -2.15. The SMILES string of the molecule is N#Cc1c[nH]n2c(=O)cc(CSc3nc(-c4ccccc4)cn3N)nc12. The van der Waals surface area contributed by atoms with Crippen LogP contribution >= 0.6 is 11.8 Å². The summed E-state index contributed by atoms with van der Waals surface area (Å²) >= 11 is 1.37. The summed E-state index contributed by atoms with van der Waals surface area (Å²) in [6.45, 7) is 0. The van der Waals surface area contributed by atoms with Gasteiger partial charge in [0.15, 0.2) is 10.8 Å². The van der Waals surface area contributed by atoms with E-state index < -0.39 is 0 Å². The molecule has 0 bridgehead atoms. The van der Waals surface area contributed by atoms with Crippen LogP contribution in [0.15, 0.2) is 58.7 Å². The third-order valence-electron chi connectivity index (χ3n) is 3.79. The molecule has 26 heavy (non-hydrogen) atoms. The van der Waals surface area contributed by atoms with Gasteiger partial charge in [-0.1, -0.05) is 42.1 Å². The molecule has 4 rings (SSSR count). The van der Waals surface area contributed by atoms with Gasteiger partial charge in [0.05, 0.1) is 17.6 Å². The summed E-state index contributed by atoms with van der Waals surface area (Å²) in [4.78, 5) is 21.0. The normalized spacial score (nSPS) is 10.9. The fourth-order valence-corrected chi connectivity index (χ4v) is 3.34. The molecule has 0 saturated heterocycles. The monoisotopic (exact) mass is 363 g/mol. The van der Waals surface area contributed by atoms with Crippen LogP contribution in [0.5, 0.6) is 0 Å². The molecule has 0 saturated carbocycles. The third-order valence-corrected chi connectivity index (χ3v) is 4.79. The van der Waals surface area contributed by atoms with Crippen molar-refractivity contribution in [2.24, 2.45) is 0 Å². The molecule has 0 aliphatic heterocycles. The molecular formula is C17H13N7OS. The minimum Gasteiger partial charge on any atom is -0.337 e. The fourth-order valence-electron chi connectivity index (χ4n) is 2.55. The minimum atomic E-state index is -0.270. The first-order valence-electron chi connectivity index (χ1n) is 7.68. The molecule has 3 aromatic heterocycles. The van der Waals surface area contributed by atoms with E-state index in [9.17, 15) is 4.79 Å². The first kappa shape index (κ1) is 16.0. The largest absolute Gasteiger partial charge is 0.337 e. The van der Waals surface area contributed by atoms with Gasteiger partial charge in [-0.2, -0.15) is 5.26 Å². The molecule has 0 spiro atoms. The van der Waals surface area contributed by atoms with Crippen molar-refractivity contribution in [3.8, 4) is 17.3 Å². The lowest BCUT2D eigenvalue weighted by molar-refractivity contribution is 0.849. The van der Waals surface area contributed by atoms with E-state index in [2.05, 4.69) is 15.1 Å². The molecule has 8 nitrogen and oxygen atoms in total. The van der Waals surface area contributed by atoms with E-state index in [4.69, 9.17) is 11.1 Å². The van der Waals surface area contributed by atoms with Gasteiger partial charge in [0, 0.05) is 23.6 Å². The Labute approximate surface area is 151 Å². The third kappa shape index (κ3) is 2.82. The van der Waals surface area contributed by atoms with E-state index in [1.54, 1.807) is 6.20 Å². The number of hydrogen-bond donors (Lipinski definition) is 2. The summed E-state index contributed by atoms with van der Waals surface area (Å²) < 4.78 is 2.69. The number of imidazole rings is 1. The van der Waals surface area contributed by atoms with Crippen LogP contribution in [0, 0.1) is 11.3 Å². The summed E-state index contributed by atoms with van der Waals surface area (Å²) in [5, 5.41) is 12.4. The number of hydrogen-bond acceptors (Lipinski definition) is 6. The number of aromatic amines is 1. The first-order chi connectivity index (χ1) is 12.7. The van der Waals surface area contributed by atoms with Crippen molar-refractivity contribution in [2.75, 3.05) is 5.84 Å². The van der Waals surface area contributed by atoms with Crippen molar-refractivity contribution in [1.82, 2.24) is 24.3 Å². The van der Waals surface area contributed by atoms with Gasteiger partial charge in [0.1, 0.15) is 11.6 Å². The maximum atomic E-state index is 12.1. The van der Waals surface area contributed by atoms with E-state index in [1.807, 2.05) is 36.4 Å². The van der Waals surface area contributed by atoms with Gasteiger partial charge >= 0.3 is 0 Å². The van der Waals surface area contributed by atoms with E-state index >= 15 is 0 Å². The van der Waals surface area contributed by atoms with Crippen LogP contribution in [0.25, 0.3) is 16.9 Å². The summed E-state index contributed by atoms with van der Waals surface area (Å²) in [5.74, 6) is 6.40. The zero-order chi connectivity index (χ0) is 18.1. The number of nitrogens with two attached hydrogens (primary N) is 1. The van der Waals surface area contributed by atoms with Crippen LogP contribution in [0.2, 0.25) is 0 Å². The lowest BCUT2D eigenvalue weighted by atomic mass is 10.2. The van der Waals surface area contributed by atoms with Gasteiger partial charge < -0.3 is 5.84 Å². The molecule has 128 valence electrons. The lowest BCUT2D eigenvalue weighted by Gasteiger charge is -2.02. The number of fused-ring (bicyclic) bond motifs is 1. The summed E-state index contributed by atoms with van der Waals surface area (Å²) in [6, 6.07) is 13.2. The standard InChI is InChI=1S/C17H13N7OS/c18-7-12-8-20-24-15(25)6-13(21-16(12)24)10-26-17-22-14(9-23(17)19)11-4-2-1-3-5-11/h1-6,8-9,20H,10,19H2. The zero-order valence-corrected chi connectivity index (χ0v) is 14.3. The van der Waals surface area contributed by atoms with Crippen molar-refractivity contribution < 1.29 is 0 Å². The van der Waals surface area contributed by atoms with Crippen LogP contribution in [-0.2, 0) is 5.75 Å². The van der Waals surface area contributed by atoms with Crippen LogP contribution in [0.4, 0.5) is 0 Å². The topological polar surface area (TPSA) is 118 Å². The van der Waals surface area contributed by atoms with Crippen LogP contribution in [0.3, 0.4) is 0 Å². The average Bonchev–Trinajstić information content (AvgIpc) is 3.24. The number of rotatable bonds is 4. The zero-order valence-electron chi connectivity index (χ0n) is 13.5. The maximum absolute atomic E-state index is 12.1. The number of benzene rings is 1. The quantitative estimate of drug-likeness (QED) is 0.421. The molecule has 3 N–H and O–H groups in total. The fraction of sp³-hybridized carbons (Fsp3) is 0.0588. The second-order valence-corrected chi connectivity index (χ2v) is 6.46. The van der Waals surface area contributed by atoms with Gasteiger partial charge in [0.25, 0.3) is 5.56 Å². The molecule has 1 aromatic carbocycles. The summed E-state index contributed by atoms with van der Waals surface area (Å²) in [6.07, 6.45) is 3.21. The Balaban J connectivity index is 1.60. The smallest absolute Gasteiger partial charge is 0.272 e. The Hall–Kier alpha value is -3.51. The number of nitrogens with zero attached hydrogens (tertiary/aromatic N) is 5. The predicted octanol–water partition coefficient (Wildman–Crippen LogP) is 1.76. The van der Waals surface area contributed by atoms with Gasteiger partial charge in [0.2, 0.25) is 0 Å². The van der Waals surface area contributed by atoms with E-state index in [0.717, 1.165) is 11.3 Å². The van der Waals surface area contributed by atoms with Crippen LogP contribution < -0.4 is 11.4 Å². The highest BCUT2D eigenvalue weighted by Crippen LogP contribution is 2.24. The molecular weight excluding hydrogens is 350 g/mol. The highest BCUT2D eigenvalue weighted by Gasteiger charge is 2.12. The second-order valence-electron chi connectivity index (χ2n) is 5.51. The van der Waals surface area contributed by atoms with E-state index in [-0.39, 0.29) is 5.56 Å². The van der Waals surface area contributed by atoms with Gasteiger partial charge in [-0.15, -0.1) is 0 Å². The number of nitrogens with one attached hydrogen (secondary N) is 1. The van der Waals surface area contributed by atoms with Crippen molar-refractivity contribution >= 4 is 17.4 Å². The molecule has 0 radical (unpaired) electrons. The Morgan fingerprint density at radius 1 is 1.27 bits per heavy atom. The Morgan fingerprint density at radius 2 is 2.08 bits per heavy atom. The van der Waals surface area contributed by atoms with Crippen LogP contribution in [-0.4, -0.2) is 24.3 Å². The average molecular weight is 363 g/mol. The second kappa shape index (κ2) is 6.42. The predicted molar refractivity (Wildman–Crippen MR) is 97.9 cm³/mol. The van der Waals surface area contributed by atoms with Gasteiger partial charge in [-0.3, -0.25) is 9.89 Å². The van der Waals surface area contributed by atoms with E-state index in [0.29, 0.717) is 27.8 Å². The van der Waals surface area contributed by atoms with Crippen LogP contribution in [0.1, 0.15) is 11.3 Å². The Morgan fingerprint density at radius 3 is 2.85 bits per heavy atom. The molecule has 0 fully saturated rings. The van der Waals surface area contributed by atoms with Crippen molar-refractivity contribution in [3.63, 3.8) is 0 Å². The maximum Gasteiger partial charge on any atom is 0.272 e. The number of aromatic nitrogens is 5. The molecule has 0 aliphatic carbocycles. The molecule has 4 aromatic rings. The number of H-pyrrole nitrogens is 1. The highest BCUT2D eigenvalue weighted by molar-refractivity contribution is 7.98. The highest BCUT2D eigenvalue weighted by atomic mass is 32.2. The molecule has 9 heteroatoms. The molecule has 0 atom stereocenters. The molecule has 3 heterocycles. The van der Waals surface area contributed by atoms with Crippen molar-refractivity contribution in [2.45, 2.75) is 10.9 Å². The first-order valence-corrected chi connectivity index (χ1v) is 8.67. The minimum absolute atomic E-state index is 0.270. The van der Waals surface area contributed by atoms with E-state index in [1.165, 1.54) is 33.2 Å². The molecule has 0 aliphatic rings. The van der Waals surface area contributed by atoms with Crippen molar-refractivity contribution in [3.05, 3.63) is 70.4 Å². The number of nitriles is 1. The van der Waals surface area contributed by atoms with Gasteiger partial charge in [-0.25, -0.2) is 19.2 Å². The van der Waals surface area contributed by atoms with Crippen molar-refractivity contribution in [1.29, 1.82) is 5.26 Å². The Kier molecular flexibility index (Phi) is 3.95. The number of nitrogen functional groups attached to an aromatic ring is 1. The Bertz CT molecular complexity index is 1180. The summed E-state index contributed by atoms with van der Waals surface area (Å²) in [7, 11) is 0. The molecule has 0 amide bonds. The summed E-state index contributed by atoms with van der Waals surface area (Å²) in [5.41, 5.74) is 2.67. The number of thioether (sulfide) groups is 1. The van der Waals surface area contributed by atoms with Gasteiger partial charge in [-0.05, 0) is 0 Å². The molecule has 0 unspecified atom stereocenters.